The predicted octanol–water partition coefficient (Wildman–Crippen LogP) is 0.991. The van der Waals surface area contributed by atoms with Gasteiger partial charge in [0.15, 0.2) is 0 Å². The van der Waals surface area contributed by atoms with E-state index in [1.54, 1.807) is 26.2 Å². The first-order valence-corrected chi connectivity index (χ1v) is 10.2. The summed E-state index contributed by atoms with van der Waals surface area (Å²) in [5.74, 6) is 0.0526. The second-order valence-electron chi connectivity index (χ2n) is 6.97. The highest BCUT2D eigenvalue weighted by atomic mass is 32.2. The molecule has 3 rings (SSSR count). The van der Waals surface area contributed by atoms with Crippen LogP contribution in [0.3, 0.4) is 0 Å². The molecule has 0 atom stereocenters. The molecule has 0 spiro atoms. The van der Waals surface area contributed by atoms with Crippen molar-refractivity contribution in [1.29, 1.82) is 0 Å². The van der Waals surface area contributed by atoms with E-state index in [2.05, 4.69) is 11.8 Å². The van der Waals surface area contributed by atoms with E-state index in [4.69, 9.17) is 0 Å². The van der Waals surface area contributed by atoms with Gasteiger partial charge in [-0.05, 0) is 24.7 Å². The zero-order valence-electron chi connectivity index (χ0n) is 16.1. The summed E-state index contributed by atoms with van der Waals surface area (Å²) in [5, 5.41) is 0. The molecule has 0 aliphatic carbocycles. The third-order valence-electron chi connectivity index (χ3n) is 5.02. The van der Waals surface area contributed by atoms with Gasteiger partial charge in [-0.2, -0.15) is 0 Å². The average Bonchev–Trinajstić information content (AvgIpc) is 2.69. The van der Waals surface area contributed by atoms with Crippen LogP contribution in [0.25, 0.3) is 0 Å². The fraction of sp³-hybridized carbons (Fsp3) is 0.526. The molecule has 0 N–H and O–H groups in total. The number of hydrogen-bond donors (Lipinski definition) is 0. The first-order valence-electron chi connectivity index (χ1n) is 9.19. The number of amides is 3. The maximum Gasteiger partial charge on any atom is 0.253 e. The summed E-state index contributed by atoms with van der Waals surface area (Å²) in [7, 11) is 3.39. The Hall–Kier alpha value is -2.06. The molecule has 0 aromatic heterocycles. The number of nitrogens with zero attached hydrogens (tertiary/aromatic N) is 4. The molecule has 2 aliphatic heterocycles. The Balaban J connectivity index is 1.78. The van der Waals surface area contributed by atoms with E-state index in [9.17, 15) is 14.4 Å². The van der Waals surface area contributed by atoms with Gasteiger partial charge in [0, 0.05) is 50.7 Å². The Morgan fingerprint density at radius 3 is 2.48 bits per heavy atom. The Kier molecular flexibility index (Phi) is 6.06. The number of piperazine rings is 1. The van der Waals surface area contributed by atoms with Crippen LogP contribution in [0.5, 0.6) is 0 Å². The quantitative estimate of drug-likeness (QED) is 0.767. The minimum atomic E-state index is -0.122. The van der Waals surface area contributed by atoms with E-state index in [1.165, 1.54) is 21.6 Å². The second-order valence-corrected chi connectivity index (χ2v) is 7.98. The van der Waals surface area contributed by atoms with E-state index >= 15 is 0 Å². The van der Waals surface area contributed by atoms with Gasteiger partial charge in [-0.1, -0.05) is 6.92 Å². The molecule has 27 heavy (non-hydrogen) atoms. The number of rotatable bonds is 4. The number of likely N-dealkylation sites (N-methyl/N-ethyl adjacent to an activating group) is 1. The molecule has 0 unspecified atom stereocenters. The van der Waals surface area contributed by atoms with E-state index < -0.39 is 0 Å². The Morgan fingerprint density at radius 2 is 1.85 bits per heavy atom. The first kappa shape index (κ1) is 19.7. The first-order chi connectivity index (χ1) is 12.9. The molecule has 1 saturated heterocycles. The zero-order valence-corrected chi connectivity index (χ0v) is 16.9. The van der Waals surface area contributed by atoms with Crippen molar-refractivity contribution < 1.29 is 14.4 Å². The van der Waals surface area contributed by atoms with Crippen LogP contribution in [-0.2, 0) is 9.59 Å². The fourth-order valence-electron chi connectivity index (χ4n) is 3.32. The Morgan fingerprint density at radius 1 is 1.15 bits per heavy atom. The fourth-order valence-corrected chi connectivity index (χ4v) is 4.23. The van der Waals surface area contributed by atoms with Crippen LogP contribution in [0.2, 0.25) is 0 Å². The number of carbonyl (C=O) groups is 3. The Labute approximate surface area is 164 Å². The lowest BCUT2D eigenvalue weighted by Gasteiger charge is -2.36. The van der Waals surface area contributed by atoms with Crippen molar-refractivity contribution in [3.63, 3.8) is 0 Å². The van der Waals surface area contributed by atoms with Crippen LogP contribution in [-0.4, -0.2) is 91.5 Å². The molecular formula is C19H26N4O3S. The summed E-state index contributed by atoms with van der Waals surface area (Å²) in [5.41, 5.74) is 1.17. The SMILES string of the molecule is CCN1CCN(C(=O)CN2C(=O)CSc3ccc(C(=O)N(C)C)cc32)CC1. The lowest BCUT2D eigenvalue weighted by Crippen LogP contribution is -2.52. The van der Waals surface area contributed by atoms with Crippen molar-refractivity contribution in [1.82, 2.24) is 14.7 Å². The number of thioether (sulfide) groups is 1. The highest BCUT2D eigenvalue weighted by Crippen LogP contribution is 2.36. The monoisotopic (exact) mass is 390 g/mol. The van der Waals surface area contributed by atoms with Crippen molar-refractivity contribution in [2.45, 2.75) is 11.8 Å². The van der Waals surface area contributed by atoms with Crippen LogP contribution in [0.4, 0.5) is 5.69 Å². The lowest BCUT2D eigenvalue weighted by atomic mass is 10.1. The van der Waals surface area contributed by atoms with E-state index in [0.29, 0.717) is 30.1 Å². The topological polar surface area (TPSA) is 64.2 Å². The van der Waals surface area contributed by atoms with Gasteiger partial charge >= 0.3 is 0 Å². The molecule has 3 amide bonds. The van der Waals surface area contributed by atoms with Gasteiger partial charge < -0.3 is 19.6 Å². The minimum Gasteiger partial charge on any atom is -0.345 e. The maximum atomic E-state index is 12.8. The van der Waals surface area contributed by atoms with Crippen molar-refractivity contribution in [2.24, 2.45) is 0 Å². The van der Waals surface area contributed by atoms with Gasteiger partial charge in [0.05, 0.1) is 11.4 Å². The smallest absolute Gasteiger partial charge is 0.253 e. The number of carbonyl (C=O) groups excluding carboxylic acids is 3. The van der Waals surface area contributed by atoms with Crippen LogP contribution < -0.4 is 4.90 Å². The molecular weight excluding hydrogens is 364 g/mol. The van der Waals surface area contributed by atoms with E-state index in [0.717, 1.165) is 24.5 Å². The number of hydrogen-bond acceptors (Lipinski definition) is 5. The third kappa shape index (κ3) is 4.27. The molecule has 8 heteroatoms. The summed E-state index contributed by atoms with van der Waals surface area (Å²) in [6, 6.07) is 5.36. The van der Waals surface area contributed by atoms with Crippen molar-refractivity contribution in [3.05, 3.63) is 23.8 Å². The summed E-state index contributed by atoms with van der Waals surface area (Å²) in [6.45, 7) is 6.24. The summed E-state index contributed by atoms with van der Waals surface area (Å²) < 4.78 is 0. The highest BCUT2D eigenvalue weighted by Gasteiger charge is 2.30. The highest BCUT2D eigenvalue weighted by molar-refractivity contribution is 8.00. The molecule has 1 aromatic rings. The van der Waals surface area contributed by atoms with Gasteiger partial charge in [-0.25, -0.2) is 0 Å². The third-order valence-corrected chi connectivity index (χ3v) is 6.07. The molecule has 0 radical (unpaired) electrons. The lowest BCUT2D eigenvalue weighted by molar-refractivity contribution is -0.132. The largest absolute Gasteiger partial charge is 0.345 e. The number of benzene rings is 1. The zero-order chi connectivity index (χ0) is 19.6. The standard InChI is InChI=1S/C19H26N4O3S/c1-4-21-7-9-22(10-8-21)17(24)12-23-15-11-14(19(26)20(2)3)5-6-16(15)27-13-18(23)25/h5-6,11H,4,7-10,12-13H2,1-3H3. The van der Waals surface area contributed by atoms with Gasteiger partial charge in [0.25, 0.3) is 5.91 Å². The molecule has 1 aromatic carbocycles. The molecule has 146 valence electrons. The van der Waals surface area contributed by atoms with Crippen LogP contribution in [0.1, 0.15) is 17.3 Å². The molecule has 2 aliphatic rings. The van der Waals surface area contributed by atoms with Crippen molar-refractivity contribution in [2.75, 3.05) is 64.0 Å². The summed E-state index contributed by atoms with van der Waals surface area (Å²) in [6.07, 6.45) is 0. The molecule has 0 saturated carbocycles. The van der Waals surface area contributed by atoms with E-state index in [-0.39, 0.29) is 24.3 Å². The van der Waals surface area contributed by atoms with Crippen molar-refractivity contribution in [3.8, 4) is 0 Å². The predicted molar refractivity (Wildman–Crippen MR) is 106 cm³/mol. The van der Waals surface area contributed by atoms with Crippen LogP contribution >= 0.6 is 11.8 Å². The molecule has 1 fully saturated rings. The number of anilines is 1. The van der Waals surface area contributed by atoms with Crippen molar-refractivity contribution >= 4 is 35.2 Å². The van der Waals surface area contributed by atoms with Gasteiger partial charge in [0.2, 0.25) is 11.8 Å². The van der Waals surface area contributed by atoms with E-state index in [1.807, 2.05) is 11.0 Å². The molecule has 7 nitrogen and oxygen atoms in total. The minimum absolute atomic E-state index is 0.0259. The second kappa shape index (κ2) is 8.31. The average molecular weight is 391 g/mol. The molecule has 2 heterocycles. The van der Waals surface area contributed by atoms with Gasteiger partial charge in [-0.3, -0.25) is 14.4 Å². The van der Waals surface area contributed by atoms with Gasteiger partial charge in [-0.15, -0.1) is 11.8 Å². The van der Waals surface area contributed by atoms with Gasteiger partial charge in [0.1, 0.15) is 6.54 Å². The van der Waals surface area contributed by atoms with Crippen LogP contribution in [0.15, 0.2) is 23.1 Å². The molecule has 0 bridgehead atoms. The van der Waals surface area contributed by atoms with Crippen LogP contribution in [0, 0.1) is 0 Å². The maximum absolute atomic E-state index is 12.8. The number of fused-ring (bicyclic) bond motifs is 1. The normalized spacial score (nSPS) is 17.7. The summed E-state index contributed by atoms with van der Waals surface area (Å²) in [4.78, 5) is 45.7. The Bertz CT molecular complexity index is 744. The summed E-state index contributed by atoms with van der Waals surface area (Å²) >= 11 is 1.45.